The molecule has 0 bridgehead atoms. The fraction of sp³-hybridized carbons (Fsp3) is 0.111. The minimum Gasteiger partial charge on any atom is -0.497 e. The minimum atomic E-state index is -0.544. The number of ether oxygens (including phenoxy) is 2. The molecule has 3 aromatic rings. The number of anilines is 1. The zero-order valence-corrected chi connectivity index (χ0v) is 15.2. The quantitative estimate of drug-likeness (QED) is 0.664. The van der Waals surface area contributed by atoms with Crippen molar-refractivity contribution in [3.63, 3.8) is 0 Å². The number of rotatable bonds is 6. The van der Waals surface area contributed by atoms with Crippen LogP contribution < -0.4 is 14.8 Å². The van der Waals surface area contributed by atoms with Crippen LogP contribution in [0.5, 0.6) is 11.5 Å². The molecule has 0 atom stereocenters. The van der Waals surface area contributed by atoms with Crippen molar-refractivity contribution in [1.82, 2.24) is 4.98 Å². The molecule has 1 heterocycles. The molecule has 3 rings (SSSR count). The normalized spacial score (nSPS) is 10.4. The number of nitrogens with one attached hydrogen (secondary N) is 1. The summed E-state index contributed by atoms with van der Waals surface area (Å²) in [5, 5.41) is 4.90. The molecule has 26 heavy (non-hydrogen) atoms. The Morgan fingerprint density at radius 1 is 1.23 bits per heavy atom. The molecule has 1 amide bonds. The number of carbonyl (C=O) groups is 1. The summed E-state index contributed by atoms with van der Waals surface area (Å²) in [6, 6.07) is 11.4. The second-order valence-electron chi connectivity index (χ2n) is 5.18. The van der Waals surface area contributed by atoms with Gasteiger partial charge in [-0.25, -0.2) is 9.37 Å². The number of halogens is 2. The van der Waals surface area contributed by atoms with Gasteiger partial charge in [-0.3, -0.25) is 10.1 Å². The Bertz CT molecular complexity index is 915. The van der Waals surface area contributed by atoms with Crippen LogP contribution in [0.25, 0.3) is 11.3 Å². The first kappa shape index (κ1) is 18.2. The number of hydrogen-bond donors (Lipinski definition) is 1. The first-order chi connectivity index (χ1) is 12.5. The molecule has 0 spiro atoms. The molecular weight excluding hydrogens is 379 g/mol. The summed E-state index contributed by atoms with van der Waals surface area (Å²) >= 11 is 6.98. The highest BCUT2D eigenvalue weighted by Gasteiger charge is 2.10. The Morgan fingerprint density at radius 3 is 2.65 bits per heavy atom. The van der Waals surface area contributed by atoms with Gasteiger partial charge < -0.3 is 9.47 Å². The number of nitrogens with zero attached hydrogens (tertiary/aromatic N) is 1. The molecule has 8 heteroatoms. The highest BCUT2D eigenvalue weighted by Crippen LogP contribution is 2.26. The highest BCUT2D eigenvalue weighted by molar-refractivity contribution is 7.14. The molecule has 0 saturated heterocycles. The van der Waals surface area contributed by atoms with Crippen LogP contribution in [0.15, 0.2) is 47.8 Å². The van der Waals surface area contributed by atoms with Crippen LogP contribution in [0.3, 0.4) is 0 Å². The molecular formula is C18H14ClFN2O3S. The third-order valence-electron chi connectivity index (χ3n) is 3.40. The van der Waals surface area contributed by atoms with Crippen molar-refractivity contribution in [3.8, 4) is 22.8 Å². The fourth-order valence-electron chi connectivity index (χ4n) is 2.10. The van der Waals surface area contributed by atoms with Gasteiger partial charge in [-0.1, -0.05) is 11.6 Å². The van der Waals surface area contributed by atoms with Crippen molar-refractivity contribution in [2.45, 2.75) is 0 Å². The first-order valence-corrected chi connectivity index (χ1v) is 8.78. The average Bonchev–Trinajstić information content (AvgIpc) is 3.11. The maximum Gasteiger partial charge on any atom is 0.264 e. The number of benzene rings is 2. The number of carbonyl (C=O) groups excluding carboxylic acids is 1. The summed E-state index contributed by atoms with van der Waals surface area (Å²) in [5.41, 5.74) is 1.67. The van der Waals surface area contributed by atoms with Gasteiger partial charge in [0.25, 0.3) is 5.91 Å². The van der Waals surface area contributed by atoms with Crippen LogP contribution in [0, 0.1) is 5.82 Å². The smallest absolute Gasteiger partial charge is 0.264 e. The predicted octanol–water partition coefficient (Wildman–Crippen LogP) is 4.63. The van der Waals surface area contributed by atoms with Gasteiger partial charge in [0.1, 0.15) is 17.3 Å². The summed E-state index contributed by atoms with van der Waals surface area (Å²) < 4.78 is 23.5. The number of thiazole rings is 1. The van der Waals surface area contributed by atoms with Crippen molar-refractivity contribution >= 4 is 34.0 Å². The lowest BCUT2D eigenvalue weighted by Gasteiger charge is -2.06. The van der Waals surface area contributed by atoms with Crippen molar-refractivity contribution in [2.75, 3.05) is 19.0 Å². The maximum absolute atomic E-state index is 13.1. The molecule has 0 aliphatic carbocycles. The van der Waals surface area contributed by atoms with Crippen LogP contribution in [0.2, 0.25) is 5.02 Å². The van der Waals surface area contributed by atoms with E-state index in [1.165, 1.54) is 29.5 Å². The molecule has 5 nitrogen and oxygen atoms in total. The van der Waals surface area contributed by atoms with Gasteiger partial charge in [0.15, 0.2) is 11.7 Å². The molecule has 2 aromatic carbocycles. The Hall–Kier alpha value is -2.64. The lowest BCUT2D eigenvalue weighted by molar-refractivity contribution is -0.118. The van der Waals surface area contributed by atoms with Crippen LogP contribution in [0.4, 0.5) is 9.52 Å². The van der Waals surface area contributed by atoms with Crippen molar-refractivity contribution in [1.29, 1.82) is 0 Å². The summed E-state index contributed by atoms with van der Waals surface area (Å²) in [4.78, 5) is 16.4. The molecule has 0 aliphatic rings. The van der Waals surface area contributed by atoms with Crippen molar-refractivity contribution in [3.05, 3.63) is 58.7 Å². The molecule has 1 aromatic heterocycles. The van der Waals surface area contributed by atoms with E-state index in [0.717, 1.165) is 17.0 Å². The Morgan fingerprint density at radius 2 is 1.96 bits per heavy atom. The zero-order valence-electron chi connectivity index (χ0n) is 13.7. The third kappa shape index (κ3) is 4.50. The molecule has 0 saturated carbocycles. The number of hydrogen-bond acceptors (Lipinski definition) is 5. The monoisotopic (exact) mass is 392 g/mol. The lowest BCUT2D eigenvalue weighted by Crippen LogP contribution is -2.20. The Labute approximate surface area is 158 Å². The third-order valence-corrected chi connectivity index (χ3v) is 4.44. The summed E-state index contributed by atoms with van der Waals surface area (Å²) in [6.45, 7) is -0.237. The van der Waals surface area contributed by atoms with Crippen molar-refractivity contribution in [2.24, 2.45) is 0 Å². The largest absolute Gasteiger partial charge is 0.497 e. The van der Waals surface area contributed by atoms with Gasteiger partial charge in [0.2, 0.25) is 0 Å². The first-order valence-electron chi connectivity index (χ1n) is 7.53. The van der Waals surface area contributed by atoms with E-state index in [1.807, 2.05) is 29.6 Å². The lowest BCUT2D eigenvalue weighted by atomic mass is 10.2. The molecule has 0 radical (unpaired) electrons. The standard InChI is InChI=1S/C18H14ClFN2O3S/c1-24-12-4-2-11(3-5-12)16-10-26-18(21-16)22-17(23)9-25-13-6-7-15(20)14(19)8-13/h2-8,10H,9H2,1H3,(H,21,22,23). The van der Waals surface area contributed by atoms with Gasteiger partial charge >= 0.3 is 0 Å². The number of amides is 1. The molecule has 134 valence electrons. The number of aromatic nitrogens is 1. The van der Waals surface area contributed by atoms with E-state index in [-0.39, 0.29) is 17.5 Å². The molecule has 0 aliphatic heterocycles. The number of methoxy groups -OCH3 is 1. The zero-order chi connectivity index (χ0) is 18.5. The van der Waals surface area contributed by atoms with E-state index in [0.29, 0.717) is 10.9 Å². The Balaban J connectivity index is 1.57. The summed E-state index contributed by atoms with van der Waals surface area (Å²) in [5.74, 6) is 0.151. The second-order valence-corrected chi connectivity index (χ2v) is 6.44. The Kier molecular flexibility index (Phi) is 5.70. The van der Waals surface area contributed by atoms with Crippen LogP contribution in [-0.2, 0) is 4.79 Å². The summed E-state index contributed by atoms with van der Waals surface area (Å²) in [6.07, 6.45) is 0. The average molecular weight is 393 g/mol. The van der Waals surface area contributed by atoms with Gasteiger partial charge in [-0.05, 0) is 36.4 Å². The van der Waals surface area contributed by atoms with E-state index in [4.69, 9.17) is 21.1 Å². The second kappa shape index (κ2) is 8.16. The van der Waals surface area contributed by atoms with Gasteiger partial charge in [0, 0.05) is 17.0 Å². The van der Waals surface area contributed by atoms with E-state index in [9.17, 15) is 9.18 Å². The van der Waals surface area contributed by atoms with Gasteiger partial charge in [-0.2, -0.15) is 0 Å². The SMILES string of the molecule is COc1ccc(-c2csc(NC(=O)COc3ccc(F)c(Cl)c3)n2)cc1. The summed E-state index contributed by atoms with van der Waals surface area (Å²) in [7, 11) is 1.60. The van der Waals surface area contributed by atoms with E-state index < -0.39 is 5.82 Å². The van der Waals surface area contributed by atoms with Crippen LogP contribution in [0.1, 0.15) is 0 Å². The van der Waals surface area contributed by atoms with Crippen molar-refractivity contribution < 1.29 is 18.7 Å². The van der Waals surface area contributed by atoms with E-state index in [2.05, 4.69) is 10.3 Å². The highest BCUT2D eigenvalue weighted by atomic mass is 35.5. The predicted molar refractivity (Wildman–Crippen MR) is 99.6 cm³/mol. The maximum atomic E-state index is 13.1. The minimum absolute atomic E-state index is 0.0630. The van der Waals surface area contributed by atoms with E-state index >= 15 is 0 Å². The topological polar surface area (TPSA) is 60.5 Å². The molecule has 1 N–H and O–H groups in total. The van der Waals surface area contributed by atoms with Gasteiger partial charge in [-0.15, -0.1) is 11.3 Å². The van der Waals surface area contributed by atoms with E-state index in [1.54, 1.807) is 7.11 Å². The molecule has 0 unspecified atom stereocenters. The fourth-order valence-corrected chi connectivity index (χ4v) is 3.00. The molecule has 0 fully saturated rings. The van der Waals surface area contributed by atoms with Crippen LogP contribution >= 0.6 is 22.9 Å². The van der Waals surface area contributed by atoms with Crippen LogP contribution in [-0.4, -0.2) is 24.6 Å². The van der Waals surface area contributed by atoms with Gasteiger partial charge in [0.05, 0.1) is 17.8 Å².